The SMILES string of the molecule is CC(C)CN1c2ccccc2C2(CCN(Cc3cccs3)CC2)S1(=O)=O.O=C(O)C(F)(F)F. The van der Waals surface area contributed by atoms with Crippen molar-refractivity contribution in [3.8, 4) is 0 Å². The molecule has 1 N–H and O–H groups in total. The van der Waals surface area contributed by atoms with E-state index >= 15 is 0 Å². The fourth-order valence-electron chi connectivity index (χ4n) is 4.31. The van der Waals surface area contributed by atoms with Crippen molar-refractivity contribution in [3.05, 3.63) is 52.2 Å². The zero-order valence-electron chi connectivity index (χ0n) is 18.4. The number of halogens is 3. The van der Waals surface area contributed by atoms with Gasteiger partial charge in [0.2, 0.25) is 10.0 Å². The number of carboxylic acids is 1. The van der Waals surface area contributed by atoms with Crippen LogP contribution in [-0.2, 0) is 26.1 Å². The quantitative estimate of drug-likeness (QED) is 0.654. The van der Waals surface area contributed by atoms with Gasteiger partial charge in [-0.1, -0.05) is 38.1 Å². The number of benzene rings is 1. The second kappa shape index (κ2) is 9.63. The second-order valence-electron chi connectivity index (χ2n) is 8.60. The predicted octanol–water partition coefficient (Wildman–Crippen LogP) is 4.68. The number of para-hydroxylation sites is 1. The van der Waals surface area contributed by atoms with E-state index in [1.54, 1.807) is 15.6 Å². The Morgan fingerprint density at radius 3 is 2.27 bits per heavy atom. The van der Waals surface area contributed by atoms with Gasteiger partial charge in [-0.15, -0.1) is 11.3 Å². The molecule has 1 aromatic carbocycles. The largest absolute Gasteiger partial charge is 0.490 e. The summed E-state index contributed by atoms with van der Waals surface area (Å²) in [7, 11) is -3.38. The van der Waals surface area contributed by atoms with Gasteiger partial charge in [-0.3, -0.25) is 9.21 Å². The van der Waals surface area contributed by atoms with Crippen molar-refractivity contribution in [3.63, 3.8) is 0 Å². The standard InChI is InChI=1S/C20H26N2O2S2.C2HF3O2/c1-16(2)14-22-19-8-4-3-7-18(19)20(26(22,23)24)9-11-21(12-10-20)15-17-6-5-13-25-17;3-2(4,5)1(6)7/h3-8,13,16H,9-12,14-15H2,1-2H3;(H,6,7). The number of piperidine rings is 1. The summed E-state index contributed by atoms with van der Waals surface area (Å²) < 4.78 is 59.9. The third-order valence-corrected chi connectivity index (χ3v) is 9.25. The molecule has 0 radical (unpaired) electrons. The van der Waals surface area contributed by atoms with E-state index in [0.29, 0.717) is 25.3 Å². The van der Waals surface area contributed by atoms with E-state index in [9.17, 15) is 21.6 Å². The summed E-state index contributed by atoms with van der Waals surface area (Å²) in [5.74, 6) is -2.46. The third kappa shape index (κ3) is 5.20. The minimum Gasteiger partial charge on any atom is -0.475 e. The maximum atomic E-state index is 13.6. The molecule has 0 amide bonds. The average molecular weight is 505 g/mol. The molecule has 3 heterocycles. The number of thiophene rings is 1. The van der Waals surface area contributed by atoms with E-state index in [1.807, 2.05) is 24.3 Å². The number of anilines is 1. The lowest BCUT2D eigenvalue weighted by atomic mass is 9.87. The Balaban J connectivity index is 0.000000383. The normalized spacial score (nSPS) is 19.3. The van der Waals surface area contributed by atoms with Gasteiger partial charge in [0, 0.05) is 31.1 Å². The lowest BCUT2D eigenvalue weighted by molar-refractivity contribution is -0.192. The first-order chi connectivity index (χ1) is 15.4. The van der Waals surface area contributed by atoms with Crippen molar-refractivity contribution in [1.82, 2.24) is 4.90 Å². The summed E-state index contributed by atoms with van der Waals surface area (Å²) in [5, 5.41) is 9.22. The predicted molar refractivity (Wildman–Crippen MR) is 122 cm³/mol. The molecule has 33 heavy (non-hydrogen) atoms. The molecule has 0 aliphatic carbocycles. The number of hydrogen-bond acceptors (Lipinski definition) is 5. The Bertz CT molecular complexity index is 1060. The molecule has 2 aliphatic rings. The number of fused-ring (bicyclic) bond motifs is 2. The van der Waals surface area contributed by atoms with Crippen LogP contribution in [0.3, 0.4) is 0 Å². The smallest absolute Gasteiger partial charge is 0.475 e. The van der Waals surface area contributed by atoms with Gasteiger partial charge in [-0.2, -0.15) is 13.2 Å². The molecule has 1 aromatic heterocycles. The van der Waals surface area contributed by atoms with Gasteiger partial charge in [-0.25, -0.2) is 13.2 Å². The van der Waals surface area contributed by atoms with Crippen LogP contribution in [0.2, 0.25) is 0 Å². The molecule has 0 bridgehead atoms. The Kier molecular flexibility index (Phi) is 7.45. The number of sulfonamides is 1. The van der Waals surface area contributed by atoms with Crippen LogP contribution in [-0.4, -0.2) is 50.2 Å². The van der Waals surface area contributed by atoms with Crippen LogP contribution in [0.1, 0.15) is 37.1 Å². The Hall–Kier alpha value is -2.11. The number of alkyl halides is 3. The van der Waals surface area contributed by atoms with Crippen molar-refractivity contribution in [2.24, 2.45) is 5.92 Å². The zero-order valence-corrected chi connectivity index (χ0v) is 20.0. The average Bonchev–Trinajstić information content (AvgIpc) is 3.30. The minimum absolute atomic E-state index is 0.298. The van der Waals surface area contributed by atoms with Gasteiger partial charge in [0.05, 0.1) is 5.69 Å². The highest BCUT2D eigenvalue weighted by Crippen LogP contribution is 2.52. The van der Waals surface area contributed by atoms with Gasteiger partial charge < -0.3 is 5.11 Å². The summed E-state index contributed by atoms with van der Waals surface area (Å²) in [6.07, 6.45) is -3.74. The van der Waals surface area contributed by atoms with Gasteiger partial charge in [0.15, 0.2) is 0 Å². The Labute approximate surface area is 195 Å². The van der Waals surface area contributed by atoms with E-state index < -0.39 is 26.9 Å². The van der Waals surface area contributed by atoms with Crippen molar-refractivity contribution in [1.29, 1.82) is 0 Å². The first-order valence-corrected chi connectivity index (χ1v) is 12.9. The first kappa shape index (κ1) is 25.5. The number of hydrogen-bond donors (Lipinski definition) is 1. The molecular weight excluding hydrogens is 477 g/mol. The van der Waals surface area contributed by atoms with Crippen LogP contribution in [0.15, 0.2) is 41.8 Å². The van der Waals surface area contributed by atoms with E-state index in [-0.39, 0.29) is 0 Å². The second-order valence-corrected chi connectivity index (χ2v) is 11.8. The minimum atomic E-state index is -5.08. The van der Waals surface area contributed by atoms with Crippen LogP contribution < -0.4 is 4.31 Å². The highest BCUT2D eigenvalue weighted by atomic mass is 32.2. The van der Waals surface area contributed by atoms with Crippen LogP contribution in [0.4, 0.5) is 18.9 Å². The Morgan fingerprint density at radius 1 is 1.15 bits per heavy atom. The van der Waals surface area contributed by atoms with Gasteiger partial charge >= 0.3 is 12.1 Å². The van der Waals surface area contributed by atoms with E-state index in [2.05, 4.69) is 36.3 Å². The topological polar surface area (TPSA) is 77.9 Å². The monoisotopic (exact) mass is 504 g/mol. The van der Waals surface area contributed by atoms with Crippen LogP contribution >= 0.6 is 11.3 Å². The highest BCUT2D eigenvalue weighted by molar-refractivity contribution is 7.94. The van der Waals surface area contributed by atoms with Crippen LogP contribution in [0.5, 0.6) is 0 Å². The Morgan fingerprint density at radius 2 is 1.76 bits per heavy atom. The summed E-state index contributed by atoms with van der Waals surface area (Å²) in [5.41, 5.74) is 1.91. The van der Waals surface area contributed by atoms with Gasteiger partial charge in [-0.05, 0) is 41.8 Å². The molecule has 0 saturated carbocycles. The maximum absolute atomic E-state index is 13.6. The number of nitrogens with zero attached hydrogens (tertiary/aromatic N) is 2. The molecule has 1 fully saturated rings. The fraction of sp³-hybridized carbons (Fsp3) is 0.500. The molecule has 1 spiro atoms. The van der Waals surface area contributed by atoms with Crippen molar-refractivity contribution in [2.45, 2.75) is 44.2 Å². The molecule has 11 heteroatoms. The maximum Gasteiger partial charge on any atom is 0.490 e. The molecule has 0 unspecified atom stereocenters. The number of carbonyl (C=O) groups is 1. The molecule has 0 atom stereocenters. The highest BCUT2D eigenvalue weighted by Gasteiger charge is 2.56. The lowest BCUT2D eigenvalue weighted by Crippen LogP contribution is -2.48. The number of rotatable bonds is 4. The third-order valence-electron chi connectivity index (χ3n) is 5.84. The van der Waals surface area contributed by atoms with E-state index in [0.717, 1.165) is 30.9 Å². The van der Waals surface area contributed by atoms with Crippen LogP contribution in [0.25, 0.3) is 0 Å². The van der Waals surface area contributed by atoms with Crippen molar-refractivity contribution >= 4 is 33.0 Å². The summed E-state index contributed by atoms with van der Waals surface area (Å²) in [4.78, 5) is 12.6. The van der Waals surface area contributed by atoms with Gasteiger partial charge in [0.1, 0.15) is 4.75 Å². The van der Waals surface area contributed by atoms with Crippen molar-refractivity contribution < 1.29 is 31.5 Å². The number of likely N-dealkylation sites (tertiary alicyclic amines) is 1. The van der Waals surface area contributed by atoms with E-state index in [4.69, 9.17) is 9.90 Å². The molecule has 182 valence electrons. The zero-order chi connectivity index (χ0) is 24.4. The van der Waals surface area contributed by atoms with Gasteiger partial charge in [0.25, 0.3) is 0 Å². The molecule has 2 aliphatic heterocycles. The number of carboxylic acid groups (broad SMARTS) is 1. The molecule has 2 aromatic rings. The molecule has 4 rings (SSSR count). The molecule has 6 nitrogen and oxygen atoms in total. The summed E-state index contributed by atoms with van der Waals surface area (Å²) >= 11 is 1.77. The number of aliphatic carboxylic acids is 1. The first-order valence-electron chi connectivity index (χ1n) is 10.5. The van der Waals surface area contributed by atoms with E-state index in [1.165, 1.54) is 4.88 Å². The van der Waals surface area contributed by atoms with Crippen molar-refractivity contribution in [2.75, 3.05) is 23.9 Å². The molecular formula is C22H27F3N2O4S2. The summed E-state index contributed by atoms with van der Waals surface area (Å²) in [6.45, 7) is 7.27. The van der Waals surface area contributed by atoms with Crippen LogP contribution in [0, 0.1) is 5.92 Å². The lowest BCUT2D eigenvalue weighted by Gasteiger charge is -2.39. The summed E-state index contributed by atoms with van der Waals surface area (Å²) in [6, 6.07) is 12.2. The molecule has 1 saturated heterocycles. The fourth-order valence-corrected chi connectivity index (χ4v) is 7.54.